The predicted molar refractivity (Wildman–Crippen MR) is 129 cm³/mol. The van der Waals surface area contributed by atoms with Crippen molar-refractivity contribution in [3.05, 3.63) is 89.2 Å². The minimum absolute atomic E-state index is 0.174. The third-order valence-electron chi connectivity index (χ3n) is 5.81. The van der Waals surface area contributed by atoms with E-state index >= 15 is 0 Å². The highest BCUT2D eigenvalue weighted by Crippen LogP contribution is 2.24. The molecular formula is C25H28N4O3S. The SMILES string of the molecule is Cc1ccc(C)c(S(=O)(=O)Nc2ccccc2C(=O)N2CCN(Cc3ccccn3)CC2)c1. The number of nitrogens with zero attached hydrogens (tertiary/aromatic N) is 3. The molecule has 0 saturated carbocycles. The Bertz CT molecular complexity index is 1240. The summed E-state index contributed by atoms with van der Waals surface area (Å²) in [5.41, 5.74) is 3.15. The summed E-state index contributed by atoms with van der Waals surface area (Å²) in [6, 6.07) is 17.9. The molecule has 8 heteroatoms. The molecule has 4 rings (SSSR count). The van der Waals surface area contributed by atoms with Crippen LogP contribution in [0.5, 0.6) is 0 Å². The normalized spacial score (nSPS) is 14.8. The fraction of sp³-hybridized carbons (Fsp3) is 0.280. The van der Waals surface area contributed by atoms with Crippen molar-refractivity contribution in [3.8, 4) is 0 Å². The smallest absolute Gasteiger partial charge is 0.262 e. The molecule has 7 nitrogen and oxygen atoms in total. The van der Waals surface area contributed by atoms with Crippen molar-refractivity contribution >= 4 is 21.6 Å². The van der Waals surface area contributed by atoms with Crippen LogP contribution in [0.4, 0.5) is 5.69 Å². The van der Waals surface area contributed by atoms with E-state index in [0.717, 1.165) is 30.9 Å². The minimum atomic E-state index is -3.83. The highest BCUT2D eigenvalue weighted by Gasteiger charge is 2.26. The molecule has 1 aliphatic heterocycles. The summed E-state index contributed by atoms with van der Waals surface area (Å²) >= 11 is 0. The number of anilines is 1. The number of aromatic nitrogens is 1. The molecule has 1 aromatic heterocycles. The lowest BCUT2D eigenvalue weighted by molar-refractivity contribution is 0.0628. The summed E-state index contributed by atoms with van der Waals surface area (Å²) in [6.07, 6.45) is 1.78. The lowest BCUT2D eigenvalue weighted by atomic mass is 10.1. The Morgan fingerprint density at radius 3 is 2.42 bits per heavy atom. The van der Waals surface area contributed by atoms with Crippen molar-refractivity contribution in [2.75, 3.05) is 30.9 Å². The third-order valence-corrected chi connectivity index (χ3v) is 7.31. The molecule has 0 atom stereocenters. The molecule has 0 unspecified atom stereocenters. The fourth-order valence-electron chi connectivity index (χ4n) is 3.96. The van der Waals surface area contributed by atoms with E-state index < -0.39 is 10.0 Å². The van der Waals surface area contributed by atoms with Gasteiger partial charge in [0.1, 0.15) is 0 Å². The van der Waals surface area contributed by atoms with Gasteiger partial charge in [0.2, 0.25) is 0 Å². The maximum absolute atomic E-state index is 13.3. The Balaban J connectivity index is 1.47. The number of pyridine rings is 1. The number of nitrogens with one attached hydrogen (secondary N) is 1. The van der Waals surface area contributed by atoms with Gasteiger partial charge in [-0.25, -0.2) is 8.42 Å². The average molecular weight is 465 g/mol. The Labute approximate surface area is 195 Å². The molecule has 3 aromatic rings. The number of hydrogen-bond donors (Lipinski definition) is 1. The number of carbonyl (C=O) groups excluding carboxylic acids is 1. The van der Waals surface area contributed by atoms with E-state index in [0.29, 0.717) is 29.9 Å². The summed E-state index contributed by atoms with van der Waals surface area (Å²) in [5, 5.41) is 0. The molecule has 1 N–H and O–H groups in total. The summed E-state index contributed by atoms with van der Waals surface area (Å²) in [7, 11) is -3.83. The van der Waals surface area contributed by atoms with Crippen molar-refractivity contribution < 1.29 is 13.2 Å². The van der Waals surface area contributed by atoms with Crippen LogP contribution in [0.3, 0.4) is 0 Å². The van der Waals surface area contributed by atoms with E-state index in [1.54, 1.807) is 54.4 Å². The number of hydrogen-bond acceptors (Lipinski definition) is 5. The Morgan fingerprint density at radius 1 is 0.970 bits per heavy atom. The number of carbonyl (C=O) groups is 1. The van der Waals surface area contributed by atoms with Crippen molar-refractivity contribution in [1.82, 2.24) is 14.8 Å². The molecule has 1 aliphatic rings. The molecular weight excluding hydrogens is 436 g/mol. The first-order valence-electron chi connectivity index (χ1n) is 10.9. The fourth-order valence-corrected chi connectivity index (χ4v) is 5.37. The maximum Gasteiger partial charge on any atom is 0.262 e. The first-order valence-corrected chi connectivity index (χ1v) is 12.4. The molecule has 0 aliphatic carbocycles. The van der Waals surface area contributed by atoms with Gasteiger partial charge in [0.25, 0.3) is 15.9 Å². The van der Waals surface area contributed by atoms with Gasteiger partial charge in [0, 0.05) is 38.9 Å². The van der Waals surface area contributed by atoms with Crippen LogP contribution in [0.25, 0.3) is 0 Å². The number of piperazine rings is 1. The largest absolute Gasteiger partial charge is 0.336 e. The van der Waals surface area contributed by atoms with Gasteiger partial charge in [-0.1, -0.05) is 30.3 Å². The summed E-state index contributed by atoms with van der Waals surface area (Å²) < 4.78 is 28.8. The molecule has 0 radical (unpaired) electrons. The van der Waals surface area contributed by atoms with Crippen LogP contribution in [0.15, 0.2) is 71.8 Å². The van der Waals surface area contributed by atoms with Crippen LogP contribution >= 0.6 is 0 Å². The van der Waals surface area contributed by atoms with E-state index in [9.17, 15) is 13.2 Å². The Hall–Kier alpha value is -3.23. The standard InChI is InChI=1S/C25H28N4O3S/c1-19-10-11-20(2)24(17-19)33(31,32)27-23-9-4-3-8-22(23)25(30)29-15-13-28(14-16-29)18-21-7-5-6-12-26-21/h3-12,17,27H,13-16,18H2,1-2H3. The van der Waals surface area contributed by atoms with Gasteiger partial charge in [0.05, 0.1) is 21.8 Å². The van der Waals surface area contributed by atoms with Crippen molar-refractivity contribution in [3.63, 3.8) is 0 Å². The monoisotopic (exact) mass is 464 g/mol. The number of aryl methyl sites for hydroxylation is 2. The van der Waals surface area contributed by atoms with Gasteiger partial charge >= 0.3 is 0 Å². The predicted octanol–water partition coefficient (Wildman–Crippen LogP) is 3.46. The van der Waals surface area contributed by atoms with Crippen LogP contribution in [0.2, 0.25) is 0 Å². The molecule has 172 valence electrons. The van der Waals surface area contributed by atoms with E-state index in [1.165, 1.54) is 0 Å². The van der Waals surface area contributed by atoms with Gasteiger partial charge in [-0.2, -0.15) is 0 Å². The lowest BCUT2D eigenvalue weighted by Crippen LogP contribution is -2.48. The zero-order valence-corrected chi connectivity index (χ0v) is 19.7. The highest BCUT2D eigenvalue weighted by atomic mass is 32.2. The van der Waals surface area contributed by atoms with Gasteiger partial charge < -0.3 is 4.90 Å². The van der Waals surface area contributed by atoms with Crippen LogP contribution < -0.4 is 4.72 Å². The van der Waals surface area contributed by atoms with Crippen molar-refractivity contribution in [2.45, 2.75) is 25.3 Å². The number of amides is 1. The van der Waals surface area contributed by atoms with E-state index in [1.807, 2.05) is 31.2 Å². The highest BCUT2D eigenvalue weighted by molar-refractivity contribution is 7.92. The van der Waals surface area contributed by atoms with Crippen LogP contribution in [0, 0.1) is 13.8 Å². The Morgan fingerprint density at radius 2 is 1.70 bits per heavy atom. The van der Waals surface area contributed by atoms with E-state index in [4.69, 9.17) is 0 Å². The zero-order chi connectivity index (χ0) is 23.4. The number of rotatable bonds is 6. The van der Waals surface area contributed by atoms with Gasteiger partial charge in [-0.15, -0.1) is 0 Å². The minimum Gasteiger partial charge on any atom is -0.336 e. The first kappa shape index (κ1) is 22.9. The number of benzene rings is 2. The second kappa shape index (κ2) is 9.72. The second-order valence-electron chi connectivity index (χ2n) is 8.31. The first-order chi connectivity index (χ1) is 15.8. The molecule has 1 amide bonds. The van der Waals surface area contributed by atoms with E-state index in [2.05, 4.69) is 14.6 Å². The maximum atomic E-state index is 13.3. The van der Waals surface area contributed by atoms with Crippen molar-refractivity contribution in [1.29, 1.82) is 0 Å². The van der Waals surface area contributed by atoms with E-state index in [-0.39, 0.29) is 10.8 Å². The zero-order valence-electron chi connectivity index (χ0n) is 18.9. The summed E-state index contributed by atoms with van der Waals surface area (Å²) in [5.74, 6) is -0.174. The molecule has 0 spiro atoms. The molecule has 0 bridgehead atoms. The van der Waals surface area contributed by atoms with Gasteiger partial charge in [0.15, 0.2) is 0 Å². The van der Waals surface area contributed by atoms with Crippen LogP contribution in [-0.2, 0) is 16.6 Å². The summed E-state index contributed by atoms with van der Waals surface area (Å²) in [4.78, 5) is 21.9. The second-order valence-corrected chi connectivity index (χ2v) is 9.96. The van der Waals surface area contributed by atoms with Gasteiger partial charge in [-0.3, -0.25) is 19.4 Å². The molecule has 2 heterocycles. The van der Waals surface area contributed by atoms with Crippen LogP contribution in [0.1, 0.15) is 27.2 Å². The molecule has 2 aromatic carbocycles. The third kappa shape index (κ3) is 5.40. The number of sulfonamides is 1. The number of para-hydroxylation sites is 1. The van der Waals surface area contributed by atoms with Crippen LogP contribution in [-0.4, -0.2) is 55.3 Å². The lowest BCUT2D eigenvalue weighted by Gasteiger charge is -2.34. The molecule has 33 heavy (non-hydrogen) atoms. The van der Waals surface area contributed by atoms with Crippen molar-refractivity contribution in [2.24, 2.45) is 0 Å². The summed E-state index contributed by atoms with van der Waals surface area (Å²) in [6.45, 7) is 6.97. The topological polar surface area (TPSA) is 82.6 Å². The average Bonchev–Trinajstić information content (AvgIpc) is 2.81. The molecule has 1 fully saturated rings. The molecule has 1 saturated heterocycles. The van der Waals surface area contributed by atoms with Gasteiger partial charge in [-0.05, 0) is 55.3 Å². The Kier molecular flexibility index (Phi) is 6.76. The quantitative estimate of drug-likeness (QED) is 0.604.